The third kappa shape index (κ3) is 2.36. The molecule has 0 aromatic heterocycles. The standard InChI is InChI=1S/C12H15NO2/c14-12(15)11-6-10(7-13-8-11)9-4-2-1-3-5-9/h1-5,10-11,13H,6-8H2,(H,14,15)/t10-,11-/m0/s1. The second kappa shape index (κ2) is 4.45. The third-order valence-electron chi connectivity index (χ3n) is 2.97. The van der Waals surface area contributed by atoms with Crippen LogP contribution < -0.4 is 5.32 Å². The predicted molar refractivity (Wildman–Crippen MR) is 57.8 cm³/mol. The zero-order valence-corrected chi connectivity index (χ0v) is 8.52. The number of rotatable bonds is 2. The van der Waals surface area contributed by atoms with Gasteiger partial charge < -0.3 is 10.4 Å². The van der Waals surface area contributed by atoms with Crippen LogP contribution in [0.25, 0.3) is 0 Å². The Morgan fingerprint density at radius 2 is 2.00 bits per heavy atom. The van der Waals surface area contributed by atoms with Crippen LogP contribution in [0.2, 0.25) is 0 Å². The third-order valence-corrected chi connectivity index (χ3v) is 2.97. The lowest BCUT2D eigenvalue weighted by Gasteiger charge is -2.27. The van der Waals surface area contributed by atoms with Crippen LogP contribution in [0, 0.1) is 5.92 Å². The summed E-state index contributed by atoms with van der Waals surface area (Å²) in [6.07, 6.45) is 0.742. The Morgan fingerprint density at radius 3 is 2.67 bits per heavy atom. The van der Waals surface area contributed by atoms with Gasteiger partial charge in [0.1, 0.15) is 0 Å². The fraction of sp³-hybridized carbons (Fsp3) is 0.417. The van der Waals surface area contributed by atoms with Crippen LogP contribution in [-0.2, 0) is 4.79 Å². The first-order valence-corrected chi connectivity index (χ1v) is 5.26. The average molecular weight is 205 g/mol. The first-order valence-electron chi connectivity index (χ1n) is 5.26. The van der Waals surface area contributed by atoms with Crippen LogP contribution in [0.3, 0.4) is 0 Å². The molecule has 0 aliphatic carbocycles. The maximum Gasteiger partial charge on any atom is 0.307 e. The molecule has 0 saturated carbocycles. The molecule has 0 spiro atoms. The molecular formula is C12H15NO2. The summed E-state index contributed by atoms with van der Waals surface area (Å²) in [6, 6.07) is 10.1. The molecular weight excluding hydrogens is 190 g/mol. The molecule has 3 nitrogen and oxygen atoms in total. The molecule has 0 bridgehead atoms. The quantitative estimate of drug-likeness (QED) is 0.768. The van der Waals surface area contributed by atoms with Crippen molar-refractivity contribution in [3.8, 4) is 0 Å². The maximum absolute atomic E-state index is 10.9. The predicted octanol–water partition coefficient (Wildman–Crippen LogP) is 1.46. The van der Waals surface area contributed by atoms with E-state index in [0.29, 0.717) is 12.5 Å². The lowest BCUT2D eigenvalue weighted by molar-refractivity contribution is -0.142. The topological polar surface area (TPSA) is 49.3 Å². The van der Waals surface area contributed by atoms with Crippen LogP contribution in [0.5, 0.6) is 0 Å². The van der Waals surface area contributed by atoms with Gasteiger partial charge in [-0.25, -0.2) is 0 Å². The molecule has 1 heterocycles. The van der Waals surface area contributed by atoms with Crippen molar-refractivity contribution in [3.05, 3.63) is 35.9 Å². The van der Waals surface area contributed by atoms with Gasteiger partial charge in [-0.3, -0.25) is 4.79 Å². The minimum Gasteiger partial charge on any atom is -0.481 e. The van der Waals surface area contributed by atoms with Crippen molar-refractivity contribution in [2.45, 2.75) is 12.3 Å². The molecule has 3 heteroatoms. The van der Waals surface area contributed by atoms with Gasteiger partial charge in [0.15, 0.2) is 0 Å². The molecule has 1 aromatic carbocycles. The van der Waals surface area contributed by atoms with Crippen LogP contribution >= 0.6 is 0 Å². The molecule has 1 fully saturated rings. The van der Waals surface area contributed by atoms with E-state index in [2.05, 4.69) is 17.4 Å². The van der Waals surface area contributed by atoms with Crippen molar-refractivity contribution in [1.82, 2.24) is 5.32 Å². The first kappa shape index (κ1) is 10.2. The molecule has 80 valence electrons. The second-order valence-electron chi connectivity index (χ2n) is 4.04. The van der Waals surface area contributed by atoms with Crippen LogP contribution in [0.15, 0.2) is 30.3 Å². The average Bonchev–Trinajstić information content (AvgIpc) is 2.30. The zero-order chi connectivity index (χ0) is 10.7. The fourth-order valence-electron chi connectivity index (χ4n) is 2.11. The van der Waals surface area contributed by atoms with Crippen molar-refractivity contribution in [1.29, 1.82) is 0 Å². The van der Waals surface area contributed by atoms with Gasteiger partial charge >= 0.3 is 5.97 Å². The maximum atomic E-state index is 10.9. The number of aliphatic carboxylic acids is 1. The van der Waals surface area contributed by atoms with Crippen LogP contribution in [0.1, 0.15) is 17.9 Å². The second-order valence-corrected chi connectivity index (χ2v) is 4.04. The summed E-state index contributed by atoms with van der Waals surface area (Å²) in [5.41, 5.74) is 1.23. The molecule has 15 heavy (non-hydrogen) atoms. The largest absolute Gasteiger partial charge is 0.481 e. The SMILES string of the molecule is O=C(O)[C@@H]1CNC[C@@H](c2ccccc2)C1. The molecule has 0 amide bonds. The van der Waals surface area contributed by atoms with E-state index in [1.807, 2.05) is 18.2 Å². The Hall–Kier alpha value is -1.35. The van der Waals surface area contributed by atoms with E-state index in [1.54, 1.807) is 0 Å². The Kier molecular flexibility index (Phi) is 3.02. The van der Waals surface area contributed by atoms with E-state index in [0.717, 1.165) is 13.0 Å². The van der Waals surface area contributed by atoms with E-state index in [1.165, 1.54) is 5.56 Å². The number of hydrogen-bond donors (Lipinski definition) is 2. The molecule has 2 atom stereocenters. The van der Waals surface area contributed by atoms with Crippen LogP contribution in [-0.4, -0.2) is 24.2 Å². The van der Waals surface area contributed by atoms with Gasteiger partial charge in [0.25, 0.3) is 0 Å². The van der Waals surface area contributed by atoms with Crippen molar-refractivity contribution >= 4 is 5.97 Å². The molecule has 0 radical (unpaired) electrons. The van der Waals surface area contributed by atoms with E-state index in [-0.39, 0.29) is 5.92 Å². The van der Waals surface area contributed by atoms with Crippen molar-refractivity contribution in [2.75, 3.05) is 13.1 Å². The highest BCUT2D eigenvalue weighted by atomic mass is 16.4. The summed E-state index contributed by atoms with van der Waals surface area (Å²) < 4.78 is 0. The Balaban J connectivity index is 2.08. The van der Waals surface area contributed by atoms with Gasteiger partial charge in [-0.1, -0.05) is 30.3 Å². The monoisotopic (exact) mass is 205 g/mol. The number of benzene rings is 1. The highest BCUT2D eigenvalue weighted by Gasteiger charge is 2.27. The number of hydrogen-bond acceptors (Lipinski definition) is 2. The van der Waals surface area contributed by atoms with Gasteiger partial charge in [0.2, 0.25) is 0 Å². The summed E-state index contributed by atoms with van der Waals surface area (Å²) >= 11 is 0. The first-order chi connectivity index (χ1) is 7.27. The molecule has 0 unspecified atom stereocenters. The Labute approximate surface area is 89.1 Å². The highest BCUT2D eigenvalue weighted by Crippen LogP contribution is 2.26. The van der Waals surface area contributed by atoms with Crippen molar-refractivity contribution in [2.24, 2.45) is 5.92 Å². The summed E-state index contributed by atoms with van der Waals surface area (Å²) in [5.74, 6) is -0.604. The van der Waals surface area contributed by atoms with Crippen molar-refractivity contribution < 1.29 is 9.90 Å². The molecule has 1 aliphatic rings. The highest BCUT2D eigenvalue weighted by molar-refractivity contribution is 5.70. The van der Waals surface area contributed by atoms with Gasteiger partial charge in [-0.15, -0.1) is 0 Å². The lowest BCUT2D eigenvalue weighted by atomic mass is 9.86. The minimum atomic E-state index is -0.692. The van der Waals surface area contributed by atoms with E-state index in [9.17, 15) is 4.79 Å². The van der Waals surface area contributed by atoms with Gasteiger partial charge in [-0.05, 0) is 17.9 Å². The molecule has 1 saturated heterocycles. The number of carboxylic acids is 1. The molecule has 2 rings (SSSR count). The molecule has 2 N–H and O–H groups in total. The number of piperidine rings is 1. The van der Waals surface area contributed by atoms with E-state index >= 15 is 0 Å². The smallest absolute Gasteiger partial charge is 0.307 e. The minimum absolute atomic E-state index is 0.246. The molecule has 1 aliphatic heterocycles. The lowest BCUT2D eigenvalue weighted by Crippen LogP contribution is -2.38. The van der Waals surface area contributed by atoms with E-state index in [4.69, 9.17) is 5.11 Å². The Bertz CT molecular complexity index is 337. The summed E-state index contributed by atoms with van der Waals surface area (Å²) in [5, 5.41) is 12.1. The van der Waals surface area contributed by atoms with Crippen LogP contribution in [0.4, 0.5) is 0 Å². The number of carbonyl (C=O) groups is 1. The summed E-state index contributed by atoms with van der Waals surface area (Å²) in [6.45, 7) is 1.48. The van der Waals surface area contributed by atoms with Gasteiger partial charge in [0.05, 0.1) is 5.92 Å². The molecule has 1 aromatic rings. The van der Waals surface area contributed by atoms with E-state index < -0.39 is 5.97 Å². The summed E-state index contributed by atoms with van der Waals surface area (Å²) in [7, 11) is 0. The summed E-state index contributed by atoms with van der Waals surface area (Å²) in [4.78, 5) is 10.9. The number of carboxylic acid groups (broad SMARTS) is 1. The zero-order valence-electron chi connectivity index (χ0n) is 8.52. The Morgan fingerprint density at radius 1 is 1.27 bits per heavy atom. The van der Waals surface area contributed by atoms with Gasteiger partial charge in [-0.2, -0.15) is 0 Å². The van der Waals surface area contributed by atoms with Crippen molar-refractivity contribution in [3.63, 3.8) is 0 Å². The van der Waals surface area contributed by atoms with Gasteiger partial charge in [0, 0.05) is 13.1 Å². The number of nitrogens with one attached hydrogen (secondary N) is 1. The normalized spacial score (nSPS) is 26.1. The fourth-order valence-corrected chi connectivity index (χ4v) is 2.11.